The van der Waals surface area contributed by atoms with Gasteiger partial charge in [0, 0.05) is 17.6 Å². The lowest BCUT2D eigenvalue weighted by molar-refractivity contribution is -0.132. The van der Waals surface area contributed by atoms with E-state index in [0.717, 1.165) is 16.0 Å². The standard InChI is InChI=1S/C23H23N3O4S/c1-29-18-12-15-8-10-26(21(27)14-25-23(28)17-6-3-4-9-24-17)22(20-7-5-11-31-20)16(15)13-19(18)30-2/h3-7,9,11-13,22H,8,10,14H2,1-2H3,(H,25,28)/t22-/m1/s1. The first-order valence-electron chi connectivity index (χ1n) is 9.89. The minimum atomic E-state index is -0.370. The summed E-state index contributed by atoms with van der Waals surface area (Å²) in [5.74, 6) is 0.780. The first kappa shape index (κ1) is 20.9. The Hall–Kier alpha value is -3.39. The van der Waals surface area contributed by atoms with Gasteiger partial charge in [-0.15, -0.1) is 11.3 Å². The van der Waals surface area contributed by atoms with Crippen LogP contribution in [0.2, 0.25) is 0 Å². The lowest BCUT2D eigenvalue weighted by Crippen LogP contribution is -2.45. The topological polar surface area (TPSA) is 80.8 Å². The van der Waals surface area contributed by atoms with Crippen molar-refractivity contribution in [3.63, 3.8) is 0 Å². The van der Waals surface area contributed by atoms with Gasteiger partial charge >= 0.3 is 0 Å². The third-order valence-corrected chi connectivity index (χ3v) is 6.23. The molecule has 31 heavy (non-hydrogen) atoms. The van der Waals surface area contributed by atoms with Crippen LogP contribution in [0.15, 0.2) is 54.0 Å². The van der Waals surface area contributed by atoms with E-state index < -0.39 is 0 Å². The Balaban J connectivity index is 1.60. The second-order valence-electron chi connectivity index (χ2n) is 7.06. The smallest absolute Gasteiger partial charge is 0.270 e. The second kappa shape index (κ2) is 9.18. The number of nitrogens with zero attached hydrogens (tertiary/aromatic N) is 2. The molecule has 4 rings (SSSR count). The van der Waals surface area contributed by atoms with Gasteiger partial charge < -0.3 is 19.7 Å². The summed E-state index contributed by atoms with van der Waals surface area (Å²) in [6.45, 7) is 0.448. The molecule has 2 amide bonds. The predicted octanol–water partition coefficient (Wildman–Crippen LogP) is 3.06. The Morgan fingerprint density at radius 3 is 2.65 bits per heavy atom. The van der Waals surface area contributed by atoms with Crippen LogP contribution in [0.5, 0.6) is 11.5 Å². The van der Waals surface area contributed by atoms with E-state index in [0.29, 0.717) is 24.5 Å². The Kier molecular flexibility index (Phi) is 6.18. The van der Waals surface area contributed by atoms with E-state index in [9.17, 15) is 9.59 Å². The molecule has 1 aliphatic rings. The highest BCUT2D eigenvalue weighted by Crippen LogP contribution is 2.42. The fourth-order valence-electron chi connectivity index (χ4n) is 3.81. The summed E-state index contributed by atoms with van der Waals surface area (Å²) in [5.41, 5.74) is 2.42. The molecule has 3 heterocycles. The van der Waals surface area contributed by atoms with Crippen LogP contribution in [-0.2, 0) is 11.2 Å². The fraction of sp³-hybridized carbons (Fsp3) is 0.261. The zero-order valence-electron chi connectivity index (χ0n) is 17.3. The molecule has 1 N–H and O–H groups in total. The van der Waals surface area contributed by atoms with Crippen molar-refractivity contribution < 1.29 is 19.1 Å². The van der Waals surface area contributed by atoms with Crippen molar-refractivity contribution in [1.29, 1.82) is 0 Å². The molecule has 0 saturated carbocycles. The van der Waals surface area contributed by atoms with Crippen molar-refractivity contribution in [3.05, 3.63) is 75.7 Å². The number of methoxy groups -OCH3 is 2. The SMILES string of the molecule is COc1cc2c(cc1OC)[C@H](c1cccs1)N(C(=O)CNC(=O)c1ccccn1)CC2. The van der Waals surface area contributed by atoms with E-state index in [2.05, 4.69) is 10.3 Å². The first-order valence-corrected chi connectivity index (χ1v) is 10.8. The van der Waals surface area contributed by atoms with E-state index in [1.807, 2.05) is 34.5 Å². The molecular formula is C23H23N3O4S. The van der Waals surface area contributed by atoms with Crippen LogP contribution in [0.25, 0.3) is 0 Å². The average molecular weight is 438 g/mol. The minimum absolute atomic E-state index is 0.0973. The number of nitrogens with one attached hydrogen (secondary N) is 1. The Morgan fingerprint density at radius 1 is 1.16 bits per heavy atom. The number of hydrogen-bond acceptors (Lipinski definition) is 6. The summed E-state index contributed by atoms with van der Waals surface area (Å²) in [7, 11) is 3.22. The number of pyridine rings is 1. The number of rotatable bonds is 6. The van der Waals surface area contributed by atoms with E-state index >= 15 is 0 Å². The van der Waals surface area contributed by atoms with Gasteiger partial charge in [0.15, 0.2) is 11.5 Å². The maximum Gasteiger partial charge on any atom is 0.270 e. The molecule has 0 radical (unpaired) electrons. The Bertz CT molecular complexity index is 1070. The lowest BCUT2D eigenvalue weighted by Gasteiger charge is -2.37. The van der Waals surface area contributed by atoms with Crippen molar-refractivity contribution >= 4 is 23.2 Å². The van der Waals surface area contributed by atoms with Crippen LogP contribution in [0.4, 0.5) is 0 Å². The van der Waals surface area contributed by atoms with Crippen molar-refractivity contribution in [3.8, 4) is 11.5 Å². The van der Waals surface area contributed by atoms with Crippen molar-refractivity contribution in [1.82, 2.24) is 15.2 Å². The molecule has 0 spiro atoms. The lowest BCUT2D eigenvalue weighted by atomic mass is 9.90. The van der Waals surface area contributed by atoms with Gasteiger partial charge in [-0.05, 0) is 53.3 Å². The molecule has 0 bridgehead atoms. The van der Waals surface area contributed by atoms with Gasteiger partial charge in [0.2, 0.25) is 5.91 Å². The number of amides is 2. The molecule has 0 unspecified atom stereocenters. The third kappa shape index (κ3) is 4.25. The number of carbonyl (C=O) groups excluding carboxylic acids is 2. The number of aromatic nitrogens is 1. The Labute approximate surface area is 184 Å². The summed E-state index contributed by atoms with van der Waals surface area (Å²) < 4.78 is 11.0. The first-order chi connectivity index (χ1) is 15.1. The fourth-order valence-corrected chi connectivity index (χ4v) is 4.67. The van der Waals surface area contributed by atoms with Crippen molar-refractivity contribution in [2.45, 2.75) is 12.5 Å². The minimum Gasteiger partial charge on any atom is -0.493 e. The molecule has 7 nitrogen and oxygen atoms in total. The summed E-state index contributed by atoms with van der Waals surface area (Å²) in [5, 5.41) is 4.69. The van der Waals surface area contributed by atoms with E-state index in [4.69, 9.17) is 9.47 Å². The molecule has 1 atom stereocenters. The quantitative estimate of drug-likeness (QED) is 0.641. The summed E-state index contributed by atoms with van der Waals surface area (Å²) in [4.78, 5) is 32.4. The van der Waals surface area contributed by atoms with Crippen LogP contribution < -0.4 is 14.8 Å². The van der Waals surface area contributed by atoms with Crippen LogP contribution in [0.3, 0.4) is 0 Å². The number of hydrogen-bond donors (Lipinski definition) is 1. The summed E-state index contributed by atoms with van der Waals surface area (Å²) >= 11 is 1.60. The zero-order chi connectivity index (χ0) is 21.8. The number of benzene rings is 1. The number of thiophene rings is 1. The van der Waals surface area contributed by atoms with Crippen molar-refractivity contribution in [2.75, 3.05) is 27.3 Å². The van der Waals surface area contributed by atoms with Gasteiger partial charge in [-0.3, -0.25) is 14.6 Å². The molecule has 8 heteroatoms. The monoisotopic (exact) mass is 437 g/mol. The second-order valence-corrected chi connectivity index (χ2v) is 8.04. The third-order valence-electron chi connectivity index (χ3n) is 5.30. The van der Waals surface area contributed by atoms with E-state index in [1.54, 1.807) is 50.0 Å². The molecule has 1 aliphatic heterocycles. The molecular weight excluding hydrogens is 414 g/mol. The molecule has 160 valence electrons. The van der Waals surface area contributed by atoms with Gasteiger partial charge in [-0.25, -0.2) is 0 Å². The van der Waals surface area contributed by atoms with Gasteiger partial charge in [0.1, 0.15) is 5.69 Å². The predicted molar refractivity (Wildman–Crippen MR) is 118 cm³/mol. The van der Waals surface area contributed by atoms with Crippen LogP contribution in [0.1, 0.15) is 32.5 Å². The number of carbonyl (C=O) groups is 2. The molecule has 2 aromatic heterocycles. The van der Waals surface area contributed by atoms with Gasteiger partial charge in [-0.1, -0.05) is 12.1 Å². The molecule has 1 aromatic carbocycles. The van der Waals surface area contributed by atoms with Gasteiger partial charge in [0.25, 0.3) is 5.91 Å². The average Bonchev–Trinajstić information content (AvgIpc) is 3.35. The maximum atomic E-state index is 13.2. The summed E-state index contributed by atoms with van der Waals surface area (Å²) in [6.07, 6.45) is 2.24. The largest absolute Gasteiger partial charge is 0.493 e. The number of fused-ring (bicyclic) bond motifs is 1. The molecule has 0 aliphatic carbocycles. The maximum absolute atomic E-state index is 13.2. The van der Waals surface area contributed by atoms with Crippen LogP contribution in [0, 0.1) is 0 Å². The molecule has 0 fully saturated rings. The van der Waals surface area contributed by atoms with Crippen LogP contribution >= 0.6 is 11.3 Å². The summed E-state index contributed by atoms with van der Waals surface area (Å²) in [6, 6.07) is 12.8. The zero-order valence-corrected chi connectivity index (χ0v) is 18.1. The normalized spacial score (nSPS) is 15.2. The molecule has 0 saturated heterocycles. The Morgan fingerprint density at radius 2 is 1.97 bits per heavy atom. The highest BCUT2D eigenvalue weighted by atomic mass is 32.1. The highest BCUT2D eigenvalue weighted by Gasteiger charge is 2.34. The van der Waals surface area contributed by atoms with Crippen molar-refractivity contribution in [2.24, 2.45) is 0 Å². The van der Waals surface area contributed by atoms with Crippen LogP contribution in [-0.4, -0.2) is 49.0 Å². The number of ether oxygens (including phenoxy) is 2. The van der Waals surface area contributed by atoms with E-state index in [-0.39, 0.29) is 30.1 Å². The van der Waals surface area contributed by atoms with Gasteiger partial charge in [-0.2, -0.15) is 0 Å². The van der Waals surface area contributed by atoms with Gasteiger partial charge in [0.05, 0.1) is 26.8 Å². The van der Waals surface area contributed by atoms with E-state index in [1.165, 1.54) is 0 Å². The molecule has 3 aromatic rings. The highest BCUT2D eigenvalue weighted by molar-refractivity contribution is 7.10.